The molecule has 4 rings (SSSR count). The largest absolute Gasteiger partial charge is 0.333 e. The summed E-state index contributed by atoms with van der Waals surface area (Å²) >= 11 is 0. The van der Waals surface area contributed by atoms with Crippen LogP contribution in [0.1, 0.15) is 25.3 Å². The molecule has 0 radical (unpaired) electrons. The van der Waals surface area contributed by atoms with E-state index in [4.69, 9.17) is 0 Å². The molecule has 0 bridgehead atoms. The second kappa shape index (κ2) is 7.62. The summed E-state index contributed by atoms with van der Waals surface area (Å²) in [7, 11) is -6.77. The third-order valence-electron chi connectivity index (χ3n) is 5.30. The Morgan fingerprint density at radius 2 is 1.45 bits per heavy atom. The van der Waals surface area contributed by atoms with E-state index in [9.17, 15) is 16.8 Å². The van der Waals surface area contributed by atoms with Crippen LogP contribution in [-0.2, 0) is 26.7 Å². The van der Waals surface area contributed by atoms with Crippen LogP contribution in [0.5, 0.6) is 0 Å². The lowest BCUT2D eigenvalue weighted by Gasteiger charge is -2.11. The molecule has 0 N–H and O–H groups in total. The number of aromatic nitrogens is 2. The van der Waals surface area contributed by atoms with Gasteiger partial charge in [-0.1, -0.05) is 50.2 Å². The first kappa shape index (κ1) is 21.3. The molecule has 2 aromatic heterocycles. The lowest BCUT2D eigenvalue weighted by molar-refractivity contribution is 0.572. The zero-order valence-electron chi connectivity index (χ0n) is 17.3. The van der Waals surface area contributed by atoms with Crippen molar-refractivity contribution in [2.75, 3.05) is 0 Å². The smallest absolute Gasteiger partial charge is 0.227 e. The van der Waals surface area contributed by atoms with E-state index in [-0.39, 0.29) is 25.8 Å². The van der Waals surface area contributed by atoms with Crippen molar-refractivity contribution in [3.8, 4) is 0 Å². The third-order valence-corrected chi connectivity index (χ3v) is 9.05. The fourth-order valence-corrected chi connectivity index (χ4v) is 7.34. The minimum absolute atomic E-state index is 0.0419. The van der Waals surface area contributed by atoms with E-state index in [2.05, 4.69) is 4.98 Å². The summed E-state index contributed by atoms with van der Waals surface area (Å²) in [5.74, 6) is 0.245. The molecule has 0 aliphatic carbocycles. The Bertz CT molecular complexity index is 1470. The summed E-state index contributed by atoms with van der Waals surface area (Å²) in [6.07, 6.45) is 1.37. The van der Waals surface area contributed by atoms with Gasteiger partial charge in [0, 0.05) is 18.6 Å². The number of hydrogen-bond donors (Lipinski definition) is 0. The van der Waals surface area contributed by atoms with Gasteiger partial charge in [0.1, 0.15) is 4.90 Å². The number of pyridine rings is 1. The predicted molar refractivity (Wildman–Crippen MR) is 119 cm³/mol. The number of rotatable bonds is 5. The number of nitrogens with zero attached hydrogens (tertiary/aromatic N) is 2. The molecule has 0 saturated carbocycles. The standard InChI is InChI=1S/C23H22N2O4S2/c1-16(2)17-11-13-18(14-12-17)30(26,27)23-22(19-8-4-5-9-20(19)25(23)3)31(28,29)21-10-6-7-15-24-21/h4-16H,1-3H3. The average Bonchev–Trinajstić information content (AvgIpc) is 3.08. The van der Waals surface area contributed by atoms with Crippen LogP contribution >= 0.6 is 0 Å². The van der Waals surface area contributed by atoms with Gasteiger partial charge in [0.25, 0.3) is 0 Å². The maximum absolute atomic E-state index is 13.7. The van der Waals surface area contributed by atoms with E-state index >= 15 is 0 Å². The van der Waals surface area contributed by atoms with Gasteiger partial charge in [-0.05, 0) is 41.8 Å². The molecule has 0 spiro atoms. The second-order valence-corrected chi connectivity index (χ2v) is 11.3. The number of para-hydroxylation sites is 1. The van der Waals surface area contributed by atoms with Gasteiger partial charge in [-0.2, -0.15) is 0 Å². The molecule has 0 fully saturated rings. The van der Waals surface area contributed by atoms with E-state index in [0.29, 0.717) is 10.9 Å². The zero-order valence-corrected chi connectivity index (χ0v) is 19.0. The molecule has 0 unspecified atom stereocenters. The highest BCUT2D eigenvalue weighted by Crippen LogP contribution is 2.38. The van der Waals surface area contributed by atoms with E-state index in [1.807, 2.05) is 13.8 Å². The first-order valence-corrected chi connectivity index (χ1v) is 12.7. The van der Waals surface area contributed by atoms with Crippen molar-refractivity contribution in [2.45, 2.75) is 39.6 Å². The molecule has 6 nitrogen and oxygen atoms in total. The van der Waals surface area contributed by atoms with E-state index in [1.165, 1.54) is 29.0 Å². The molecule has 0 atom stereocenters. The number of hydrogen-bond acceptors (Lipinski definition) is 5. The van der Waals surface area contributed by atoms with Gasteiger partial charge in [0.05, 0.1) is 10.4 Å². The molecule has 2 aromatic carbocycles. The topological polar surface area (TPSA) is 86.1 Å². The minimum Gasteiger partial charge on any atom is -0.333 e. The van der Waals surface area contributed by atoms with Crippen molar-refractivity contribution in [3.05, 3.63) is 78.5 Å². The summed E-state index contributed by atoms with van der Waals surface area (Å²) in [6, 6.07) is 17.9. The Morgan fingerprint density at radius 3 is 2.06 bits per heavy atom. The Kier molecular flexibility index (Phi) is 5.23. The number of fused-ring (bicyclic) bond motifs is 1. The van der Waals surface area contributed by atoms with Gasteiger partial charge in [-0.25, -0.2) is 21.8 Å². The first-order valence-electron chi connectivity index (χ1n) is 9.74. The van der Waals surface area contributed by atoms with Crippen molar-refractivity contribution >= 4 is 30.6 Å². The maximum Gasteiger partial charge on any atom is 0.227 e. The highest BCUT2D eigenvalue weighted by molar-refractivity contribution is 7.94. The Labute approximate surface area is 182 Å². The number of aryl methyl sites for hydroxylation is 1. The minimum atomic E-state index is -4.20. The predicted octanol–water partition coefficient (Wildman–Crippen LogP) is 4.36. The molecule has 0 amide bonds. The van der Waals surface area contributed by atoms with E-state index in [0.717, 1.165) is 5.56 Å². The Morgan fingerprint density at radius 1 is 0.806 bits per heavy atom. The summed E-state index contributed by atoms with van der Waals surface area (Å²) in [4.78, 5) is 3.77. The highest BCUT2D eigenvalue weighted by Gasteiger charge is 2.36. The molecule has 0 saturated heterocycles. The van der Waals surface area contributed by atoms with Crippen molar-refractivity contribution in [1.82, 2.24) is 9.55 Å². The molecule has 8 heteroatoms. The molecule has 160 valence electrons. The zero-order chi connectivity index (χ0) is 22.4. The normalized spacial score (nSPS) is 12.5. The van der Waals surface area contributed by atoms with E-state index in [1.54, 1.807) is 55.6 Å². The molecule has 0 aliphatic heterocycles. The van der Waals surface area contributed by atoms with Gasteiger partial charge in [-0.3, -0.25) is 0 Å². The summed E-state index contributed by atoms with van der Waals surface area (Å²) < 4.78 is 56.0. The lowest BCUT2D eigenvalue weighted by atomic mass is 10.0. The molecular formula is C23H22N2O4S2. The van der Waals surface area contributed by atoms with Crippen molar-refractivity contribution in [3.63, 3.8) is 0 Å². The summed E-state index contributed by atoms with van der Waals surface area (Å²) in [6.45, 7) is 4.04. The van der Waals surface area contributed by atoms with Crippen LogP contribution in [0, 0.1) is 0 Å². The third kappa shape index (κ3) is 3.45. The van der Waals surface area contributed by atoms with Gasteiger partial charge in [-0.15, -0.1) is 0 Å². The fourth-order valence-electron chi connectivity index (χ4n) is 3.65. The summed E-state index contributed by atoms with van der Waals surface area (Å²) in [5.41, 5.74) is 1.51. The van der Waals surface area contributed by atoms with Gasteiger partial charge >= 0.3 is 0 Å². The van der Waals surface area contributed by atoms with Crippen molar-refractivity contribution in [1.29, 1.82) is 0 Å². The first-order chi connectivity index (χ1) is 14.7. The number of benzene rings is 2. The molecule has 31 heavy (non-hydrogen) atoms. The van der Waals surface area contributed by atoms with Crippen molar-refractivity contribution in [2.24, 2.45) is 7.05 Å². The van der Waals surface area contributed by atoms with Gasteiger partial charge in [0.15, 0.2) is 10.1 Å². The molecule has 2 heterocycles. The Balaban J connectivity index is 2.05. The fraction of sp³-hybridized carbons (Fsp3) is 0.174. The van der Waals surface area contributed by atoms with Crippen LogP contribution in [0.4, 0.5) is 0 Å². The molecule has 0 aliphatic rings. The monoisotopic (exact) mass is 454 g/mol. The van der Waals surface area contributed by atoms with Gasteiger partial charge in [0.2, 0.25) is 19.7 Å². The van der Waals surface area contributed by atoms with Crippen LogP contribution < -0.4 is 0 Å². The summed E-state index contributed by atoms with van der Waals surface area (Å²) in [5, 5.41) is -0.123. The van der Waals surface area contributed by atoms with Crippen LogP contribution in [0.25, 0.3) is 10.9 Å². The SMILES string of the molecule is CC(C)c1ccc(S(=O)(=O)c2c(S(=O)(=O)c3ccccn3)c3ccccc3n2C)cc1. The van der Waals surface area contributed by atoms with Crippen LogP contribution in [0.2, 0.25) is 0 Å². The average molecular weight is 455 g/mol. The van der Waals surface area contributed by atoms with Crippen LogP contribution in [0.15, 0.2) is 92.8 Å². The highest BCUT2D eigenvalue weighted by atomic mass is 32.2. The van der Waals surface area contributed by atoms with Crippen LogP contribution in [-0.4, -0.2) is 26.4 Å². The van der Waals surface area contributed by atoms with Gasteiger partial charge < -0.3 is 4.57 Å². The Hall–Kier alpha value is -2.97. The second-order valence-electron chi connectivity index (χ2n) is 7.61. The van der Waals surface area contributed by atoms with E-state index < -0.39 is 19.7 Å². The van der Waals surface area contributed by atoms with Crippen molar-refractivity contribution < 1.29 is 16.8 Å². The maximum atomic E-state index is 13.7. The molecule has 4 aromatic rings. The molecular weight excluding hydrogens is 432 g/mol. The lowest BCUT2D eigenvalue weighted by Crippen LogP contribution is -2.14. The quantitative estimate of drug-likeness (QED) is 0.447. The van der Waals surface area contributed by atoms with Crippen LogP contribution in [0.3, 0.4) is 0 Å². The number of sulfone groups is 2.